The normalized spacial score (nSPS) is 15.3. The van der Waals surface area contributed by atoms with Gasteiger partial charge in [-0.3, -0.25) is 0 Å². The van der Waals surface area contributed by atoms with Crippen LogP contribution in [0.4, 0.5) is 0 Å². The van der Waals surface area contributed by atoms with E-state index < -0.39 is 11.9 Å². The number of carbonyl (C=O) groups is 2. The van der Waals surface area contributed by atoms with Crippen LogP contribution in [0.25, 0.3) is 0 Å². The first-order chi connectivity index (χ1) is 11.5. The molecule has 134 valence electrons. The molecule has 1 atom stereocenters. The van der Waals surface area contributed by atoms with E-state index in [1.54, 1.807) is 7.11 Å². The van der Waals surface area contributed by atoms with Gasteiger partial charge in [-0.1, -0.05) is 19.4 Å². The van der Waals surface area contributed by atoms with Crippen molar-refractivity contribution in [3.63, 3.8) is 0 Å². The summed E-state index contributed by atoms with van der Waals surface area (Å²) in [5.41, 5.74) is 1.29. The van der Waals surface area contributed by atoms with Crippen LogP contribution in [0, 0.1) is 0 Å². The number of aliphatic carboxylic acids is 2. The van der Waals surface area contributed by atoms with E-state index in [0.29, 0.717) is 6.10 Å². The van der Waals surface area contributed by atoms with E-state index in [9.17, 15) is 0 Å². The minimum absolute atomic E-state index is 0.293. The number of fused-ring (bicyclic) bond motifs is 1. The van der Waals surface area contributed by atoms with Gasteiger partial charge < -0.3 is 25.0 Å². The lowest BCUT2D eigenvalue weighted by Gasteiger charge is -2.26. The molecule has 0 bridgehead atoms. The van der Waals surface area contributed by atoms with Crippen LogP contribution < -0.4 is 14.8 Å². The number of rotatable bonds is 6. The maximum absolute atomic E-state index is 9.10. The molecule has 0 radical (unpaired) electrons. The largest absolute Gasteiger partial charge is 0.497 e. The number of carboxylic acid groups (broad SMARTS) is 2. The summed E-state index contributed by atoms with van der Waals surface area (Å²) in [6.45, 7) is 4.24. The van der Waals surface area contributed by atoms with Crippen molar-refractivity contribution >= 4 is 11.9 Å². The summed E-state index contributed by atoms with van der Waals surface area (Å²) < 4.78 is 11.2. The Morgan fingerprint density at radius 3 is 2.62 bits per heavy atom. The third-order valence-corrected chi connectivity index (χ3v) is 3.57. The Morgan fingerprint density at radius 2 is 2.04 bits per heavy atom. The molecule has 0 aliphatic carbocycles. The van der Waals surface area contributed by atoms with E-state index in [0.717, 1.165) is 37.4 Å². The van der Waals surface area contributed by atoms with Crippen LogP contribution in [0.1, 0.15) is 31.7 Å². The molecule has 1 heterocycles. The first-order valence-electron chi connectivity index (χ1n) is 7.98. The zero-order valence-electron chi connectivity index (χ0n) is 14.1. The van der Waals surface area contributed by atoms with Crippen LogP contribution in [0.2, 0.25) is 0 Å². The number of nitrogens with one attached hydrogen (secondary N) is 1. The van der Waals surface area contributed by atoms with Gasteiger partial charge in [-0.15, -0.1) is 0 Å². The minimum Gasteiger partial charge on any atom is -0.497 e. The summed E-state index contributed by atoms with van der Waals surface area (Å²) >= 11 is 0. The molecule has 0 fully saturated rings. The highest BCUT2D eigenvalue weighted by molar-refractivity contribution is 6.27. The Labute approximate surface area is 141 Å². The Balaban J connectivity index is 0.000000413. The fraction of sp³-hybridized carbons (Fsp3) is 0.529. The molecular formula is C17H25NO6. The van der Waals surface area contributed by atoms with Crippen molar-refractivity contribution in [2.75, 3.05) is 20.2 Å². The Hall–Kier alpha value is -2.28. The van der Waals surface area contributed by atoms with Crippen molar-refractivity contribution in [3.8, 4) is 11.5 Å². The van der Waals surface area contributed by atoms with Gasteiger partial charge in [-0.25, -0.2) is 9.59 Å². The third kappa shape index (κ3) is 6.87. The van der Waals surface area contributed by atoms with Gasteiger partial charge in [-0.2, -0.15) is 0 Å². The van der Waals surface area contributed by atoms with Gasteiger partial charge in [0, 0.05) is 12.6 Å². The number of benzene rings is 1. The van der Waals surface area contributed by atoms with Crippen LogP contribution >= 0.6 is 0 Å². The summed E-state index contributed by atoms with van der Waals surface area (Å²) in [6, 6.07) is 6.10. The van der Waals surface area contributed by atoms with E-state index >= 15 is 0 Å². The quantitative estimate of drug-likeness (QED) is 0.537. The van der Waals surface area contributed by atoms with Gasteiger partial charge in [0.1, 0.15) is 17.6 Å². The molecule has 1 unspecified atom stereocenters. The second-order valence-corrected chi connectivity index (χ2v) is 5.42. The Bertz CT molecular complexity index is 534. The van der Waals surface area contributed by atoms with Gasteiger partial charge >= 0.3 is 11.9 Å². The summed E-state index contributed by atoms with van der Waals surface area (Å²) in [6.07, 6.45) is 4.95. The average molecular weight is 339 g/mol. The predicted octanol–water partition coefficient (Wildman–Crippen LogP) is 1.93. The van der Waals surface area contributed by atoms with Gasteiger partial charge in [-0.05, 0) is 37.4 Å². The van der Waals surface area contributed by atoms with Crippen LogP contribution in [-0.4, -0.2) is 48.5 Å². The molecule has 2 rings (SSSR count). The molecule has 7 nitrogen and oxygen atoms in total. The molecule has 1 aliphatic rings. The number of aryl methyl sites for hydroxylation is 1. The van der Waals surface area contributed by atoms with Crippen LogP contribution in [0.3, 0.4) is 0 Å². The smallest absolute Gasteiger partial charge is 0.414 e. The molecular weight excluding hydrogens is 314 g/mol. The molecule has 3 N–H and O–H groups in total. The molecule has 1 aromatic rings. The maximum Gasteiger partial charge on any atom is 0.414 e. The maximum atomic E-state index is 9.10. The van der Waals surface area contributed by atoms with Crippen molar-refractivity contribution in [2.24, 2.45) is 0 Å². The fourth-order valence-electron chi connectivity index (χ4n) is 2.24. The van der Waals surface area contributed by atoms with Crippen molar-refractivity contribution in [1.29, 1.82) is 0 Å². The second kappa shape index (κ2) is 10.5. The monoisotopic (exact) mass is 339 g/mol. The zero-order chi connectivity index (χ0) is 17.9. The summed E-state index contributed by atoms with van der Waals surface area (Å²) in [5, 5.41) is 18.2. The lowest BCUT2D eigenvalue weighted by Crippen LogP contribution is -2.34. The first-order valence-corrected chi connectivity index (χ1v) is 7.98. The Kier molecular flexibility index (Phi) is 8.64. The molecule has 0 saturated carbocycles. The van der Waals surface area contributed by atoms with Crippen LogP contribution in [0.15, 0.2) is 18.2 Å². The molecule has 1 aliphatic heterocycles. The van der Waals surface area contributed by atoms with Crippen LogP contribution in [0.5, 0.6) is 11.5 Å². The standard InChI is InChI=1S/C15H23NO2.C2H2O4/c1-3-4-9-16-11-14-8-6-12-5-7-13(17-2)10-15(12)18-14;3-1(4)2(5)6/h5,7,10,14,16H,3-4,6,8-9,11H2,1-2H3;(H,3,4)(H,5,6). The molecule has 7 heteroatoms. The average Bonchev–Trinajstić information content (AvgIpc) is 2.58. The van der Waals surface area contributed by atoms with Gasteiger partial charge in [0.25, 0.3) is 0 Å². The van der Waals surface area contributed by atoms with E-state index in [-0.39, 0.29) is 0 Å². The van der Waals surface area contributed by atoms with Crippen LogP contribution in [-0.2, 0) is 16.0 Å². The second-order valence-electron chi connectivity index (χ2n) is 5.42. The minimum atomic E-state index is -1.82. The number of hydrogen-bond donors (Lipinski definition) is 3. The molecule has 0 saturated heterocycles. The lowest BCUT2D eigenvalue weighted by molar-refractivity contribution is -0.159. The highest BCUT2D eigenvalue weighted by atomic mass is 16.5. The van der Waals surface area contributed by atoms with Crippen molar-refractivity contribution in [1.82, 2.24) is 5.32 Å². The summed E-state index contributed by atoms with van der Waals surface area (Å²) in [4.78, 5) is 18.2. The Morgan fingerprint density at radius 1 is 1.33 bits per heavy atom. The highest BCUT2D eigenvalue weighted by Gasteiger charge is 2.19. The molecule has 0 amide bonds. The fourth-order valence-corrected chi connectivity index (χ4v) is 2.24. The third-order valence-electron chi connectivity index (χ3n) is 3.57. The summed E-state index contributed by atoms with van der Waals surface area (Å²) in [5.74, 6) is -1.79. The van der Waals surface area contributed by atoms with Gasteiger partial charge in [0.05, 0.1) is 7.11 Å². The van der Waals surface area contributed by atoms with Gasteiger partial charge in [0.15, 0.2) is 0 Å². The van der Waals surface area contributed by atoms with E-state index in [1.165, 1.54) is 18.4 Å². The van der Waals surface area contributed by atoms with Gasteiger partial charge in [0.2, 0.25) is 0 Å². The molecule has 0 spiro atoms. The molecule has 24 heavy (non-hydrogen) atoms. The number of unbranched alkanes of at least 4 members (excludes halogenated alkanes) is 1. The summed E-state index contributed by atoms with van der Waals surface area (Å²) in [7, 11) is 1.69. The van der Waals surface area contributed by atoms with E-state index in [2.05, 4.69) is 18.3 Å². The van der Waals surface area contributed by atoms with Crippen molar-refractivity contribution < 1.29 is 29.3 Å². The predicted molar refractivity (Wildman–Crippen MR) is 88.8 cm³/mol. The zero-order valence-corrected chi connectivity index (χ0v) is 14.1. The number of ether oxygens (including phenoxy) is 2. The van der Waals surface area contributed by atoms with E-state index in [4.69, 9.17) is 29.3 Å². The highest BCUT2D eigenvalue weighted by Crippen LogP contribution is 2.30. The number of hydrogen-bond acceptors (Lipinski definition) is 5. The topological polar surface area (TPSA) is 105 Å². The SMILES string of the molecule is CCCCNCC1CCc2ccc(OC)cc2O1.O=C(O)C(=O)O. The number of methoxy groups -OCH3 is 1. The molecule has 1 aromatic carbocycles. The van der Waals surface area contributed by atoms with Crippen molar-refractivity contribution in [2.45, 2.75) is 38.7 Å². The number of carboxylic acids is 2. The first kappa shape index (κ1) is 19.8. The lowest BCUT2D eigenvalue weighted by atomic mass is 10.0. The van der Waals surface area contributed by atoms with Crippen molar-refractivity contribution in [3.05, 3.63) is 23.8 Å². The van der Waals surface area contributed by atoms with E-state index in [1.807, 2.05) is 12.1 Å². The molecule has 0 aromatic heterocycles.